The molecule has 0 unspecified atom stereocenters. The minimum Gasteiger partial charge on any atom is -0.456 e. The van der Waals surface area contributed by atoms with Gasteiger partial charge in [0.05, 0.1) is 13.7 Å². The van der Waals surface area contributed by atoms with Gasteiger partial charge in [-0.1, -0.05) is 157 Å². The lowest BCUT2D eigenvalue weighted by molar-refractivity contribution is 0.669. The summed E-state index contributed by atoms with van der Waals surface area (Å²) in [4.78, 5) is 0. The van der Waals surface area contributed by atoms with E-state index in [1.54, 1.807) is 18.2 Å². The Hall–Kier alpha value is -6.44. The summed E-state index contributed by atoms with van der Waals surface area (Å²) in [5, 5.41) is 7.44. The standard InChI is InChI=1S/C48H30O/c1-3-12-31(13-4-1)33-22-24-34(25-23-33)46-38-18-9-10-19-39(38)47(42-28-37(26-27-40(42)46)32-14-5-2-6-15-32)41-20-11-21-44-48(41)43-29-35-16-7-8-17-36(35)30-45(43)49-44/h1-30H/i1D,2D,3D,4D,5D,6D,12D,13D,14D,15D. The first-order chi connectivity index (χ1) is 28.4. The van der Waals surface area contributed by atoms with Crippen molar-refractivity contribution in [2.75, 3.05) is 0 Å². The lowest BCUT2D eigenvalue weighted by Crippen LogP contribution is -1.92. The third kappa shape index (κ3) is 4.47. The van der Waals surface area contributed by atoms with E-state index in [1.165, 1.54) is 0 Å². The number of benzene rings is 9. The van der Waals surface area contributed by atoms with Crippen LogP contribution < -0.4 is 0 Å². The maximum absolute atomic E-state index is 8.86. The maximum atomic E-state index is 8.86. The van der Waals surface area contributed by atoms with Crippen molar-refractivity contribution in [3.8, 4) is 44.5 Å². The SMILES string of the molecule is [2H]c1c([2H])c([2H])c(-c2ccc(-c3c4ccccc4c(-c4cccc5oc6cc7ccccc7cc6c45)c4cc(-c5c([2H])c([2H])c([2H])c([2H])c5[2H])ccc34)cc2)c([2H])c1[2H]. The van der Waals surface area contributed by atoms with E-state index in [-0.39, 0.29) is 35.3 Å². The highest BCUT2D eigenvalue weighted by Crippen LogP contribution is 2.48. The predicted octanol–water partition coefficient (Wildman–Crippen LogP) is 13.7. The van der Waals surface area contributed by atoms with Crippen LogP contribution in [0.25, 0.3) is 98.8 Å². The highest BCUT2D eigenvalue weighted by Gasteiger charge is 2.21. The molecule has 0 aliphatic heterocycles. The molecular formula is C48H30O. The molecule has 0 spiro atoms. The van der Waals surface area contributed by atoms with Gasteiger partial charge in [-0.25, -0.2) is 0 Å². The third-order valence-electron chi connectivity index (χ3n) is 9.41. The lowest BCUT2D eigenvalue weighted by atomic mass is 9.83. The van der Waals surface area contributed by atoms with Crippen molar-refractivity contribution >= 4 is 54.3 Å². The zero-order valence-electron chi connectivity index (χ0n) is 36.0. The molecule has 0 fully saturated rings. The van der Waals surface area contributed by atoms with Gasteiger partial charge in [0.25, 0.3) is 0 Å². The molecule has 0 saturated carbocycles. The second-order valence-electron chi connectivity index (χ2n) is 12.1. The molecule has 0 N–H and O–H groups in total. The van der Waals surface area contributed by atoms with Crippen molar-refractivity contribution < 1.29 is 18.1 Å². The number of fused-ring (bicyclic) bond motifs is 6. The molecular weight excluding hydrogens is 593 g/mol. The van der Waals surface area contributed by atoms with E-state index >= 15 is 0 Å². The van der Waals surface area contributed by atoms with Crippen molar-refractivity contribution in [2.45, 2.75) is 0 Å². The molecule has 0 radical (unpaired) electrons. The summed E-state index contributed by atoms with van der Waals surface area (Å²) in [6, 6.07) is 35.6. The number of furan rings is 1. The molecule has 10 aromatic rings. The topological polar surface area (TPSA) is 13.1 Å². The molecule has 0 amide bonds. The van der Waals surface area contributed by atoms with E-state index < -0.39 is 36.3 Å². The van der Waals surface area contributed by atoms with Gasteiger partial charge in [-0.15, -0.1) is 0 Å². The van der Waals surface area contributed by atoms with Crippen molar-refractivity contribution in [1.82, 2.24) is 0 Å². The second-order valence-corrected chi connectivity index (χ2v) is 12.1. The summed E-state index contributed by atoms with van der Waals surface area (Å²) < 4.78 is 91.0. The molecule has 1 nitrogen and oxygen atoms in total. The monoisotopic (exact) mass is 632 g/mol. The highest BCUT2D eigenvalue weighted by molar-refractivity contribution is 6.26. The van der Waals surface area contributed by atoms with Gasteiger partial charge in [-0.2, -0.15) is 0 Å². The van der Waals surface area contributed by atoms with Crippen LogP contribution in [0.15, 0.2) is 186 Å². The third-order valence-corrected chi connectivity index (χ3v) is 9.41. The van der Waals surface area contributed by atoms with Gasteiger partial charge in [0.2, 0.25) is 0 Å². The molecule has 0 aliphatic carbocycles. The lowest BCUT2D eigenvalue weighted by Gasteiger charge is -2.19. The first-order valence-corrected chi connectivity index (χ1v) is 16.0. The predicted molar refractivity (Wildman–Crippen MR) is 208 cm³/mol. The van der Waals surface area contributed by atoms with Gasteiger partial charge in [0.1, 0.15) is 11.2 Å². The van der Waals surface area contributed by atoms with E-state index in [4.69, 9.17) is 18.1 Å². The normalized spacial score (nSPS) is 14.5. The smallest absolute Gasteiger partial charge is 0.136 e. The van der Waals surface area contributed by atoms with Crippen molar-refractivity contribution in [1.29, 1.82) is 0 Å². The fourth-order valence-electron chi connectivity index (χ4n) is 7.25. The first-order valence-electron chi connectivity index (χ1n) is 21.0. The summed E-state index contributed by atoms with van der Waals surface area (Å²) in [6.45, 7) is 0. The number of hydrogen-bond donors (Lipinski definition) is 0. The van der Waals surface area contributed by atoms with Crippen molar-refractivity contribution in [3.05, 3.63) is 182 Å². The van der Waals surface area contributed by atoms with Gasteiger partial charge in [0.15, 0.2) is 0 Å². The van der Waals surface area contributed by atoms with Crippen LogP contribution in [0.3, 0.4) is 0 Å². The van der Waals surface area contributed by atoms with Gasteiger partial charge < -0.3 is 4.42 Å². The summed E-state index contributed by atoms with van der Waals surface area (Å²) in [5.74, 6) is 0. The molecule has 1 heterocycles. The molecule has 9 aromatic carbocycles. The van der Waals surface area contributed by atoms with Gasteiger partial charge in [0, 0.05) is 10.8 Å². The van der Waals surface area contributed by atoms with E-state index in [1.807, 2.05) is 60.7 Å². The summed E-state index contributed by atoms with van der Waals surface area (Å²) in [5.41, 5.74) is 6.07. The molecule has 1 heteroatoms. The summed E-state index contributed by atoms with van der Waals surface area (Å²) >= 11 is 0. The van der Waals surface area contributed by atoms with Crippen LogP contribution in [0.1, 0.15) is 13.7 Å². The fraction of sp³-hybridized carbons (Fsp3) is 0. The Bertz CT molecular complexity index is 3390. The molecule has 0 saturated heterocycles. The maximum Gasteiger partial charge on any atom is 0.136 e. The average molecular weight is 633 g/mol. The van der Waals surface area contributed by atoms with Crippen molar-refractivity contribution in [3.63, 3.8) is 0 Å². The van der Waals surface area contributed by atoms with Crippen LogP contribution in [0, 0.1) is 0 Å². The Morgan fingerprint density at radius 3 is 1.69 bits per heavy atom. The van der Waals surface area contributed by atoms with Crippen LogP contribution in [0.5, 0.6) is 0 Å². The van der Waals surface area contributed by atoms with E-state index in [2.05, 4.69) is 42.5 Å². The van der Waals surface area contributed by atoms with Crippen LogP contribution in [0.4, 0.5) is 0 Å². The zero-order valence-corrected chi connectivity index (χ0v) is 26.0. The Morgan fingerprint density at radius 1 is 0.367 bits per heavy atom. The highest BCUT2D eigenvalue weighted by atomic mass is 16.3. The quantitative estimate of drug-likeness (QED) is 0.176. The van der Waals surface area contributed by atoms with Crippen LogP contribution in [-0.4, -0.2) is 0 Å². The minimum absolute atomic E-state index is 0.0972. The van der Waals surface area contributed by atoms with Crippen LogP contribution in [-0.2, 0) is 0 Å². The van der Waals surface area contributed by atoms with E-state index in [0.29, 0.717) is 16.7 Å². The number of hydrogen-bond acceptors (Lipinski definition) is 1. The summed E-state index contributed by atoms with van der Waals surface area (Å²) in [6.07, 6.45) is 0. The van der Waals surface area contributed by atoms with Crippen LogP contribution >= 0.6 is 0 Å². The van der Waals surface area contributed by atoms with E-state index in [0.717, 1.165) is 70.9 Å². The molecule has 1 aromatic heterocycles. The van der Waals surface area contributed by atoms with Gasteiger partial charge in [-0.05, 0) is 101 Å². The Labute approximate surface area is 298 Å². The van der Waals surface area contributed by atoms with E-state index in [9.17, 15) is 0 Å². The largest absolute Gasteiger partial charge is 0.456 e. The number of rotatable bonds is 4. The van der Waals surface area contributed by atoms with Gasteiger partial charge in [-0.3, -0.25) is 0 Å². The molecule has 0 aliphatic rings. The molecule has 0 atom stereocenters. The van der Waals surface area contributed by atoms with Crippen molar-refractivity contribution in [2.24, 2.45) is 0 Å². The minimum atomic E-state index is -0.461. The Balaban J connectivity index is 1.31. The first kappa shape index (κ1) is 19.4. The molecule has 10 rings (SSSR count). The Morgan fingerprint density at radius 2 is 0.959 bits per heavy atom. The average Bonchev–Trinajstić information content (AvgIpc) is 3.62. The zero-order chi connectivity index (χ0) is 41.0. The molecule has 0 bridgehead atoms. The summed E-state index contributed by atoms with van der Waals surface area (Å²) in [7, 11) is 0. The van der Waals surface area contributed by atoms with Crippen LogP contribution in [0.2, 0.25) is 0 Å². The molecule has 49 heavy (non-hydrogen) atoms. The molecule has 228 valence electrons. The Kier molecular flexibility index (Phi) is 4.39. The van der Waals surface area contributed by atoms with Gasteiger partial charge >= 0.3 is 0 Å². The fourth-order valence-corrected chi connectivity index (χ4v) is 7.25. The second kappa shape index (κ2) is 11.1.